The minimum Gasteiger partial charge on any atom is -0.316 e. The molecular weight excluding hydrogens is 472 g/mol. The summed E-state index contributed by atoms with van der Waals surface area (Å²) in [5.74, 6) is -0.229. The molecule has 0 aliphatic rings. The predicted octanol–water partition coefficient (Wildman–Crippen LogP) is 4.79. The molecule has 0 radical (unpaired) electrons. The summed E-state index contributed by atoms with van der Waals surface area (Å²) in [4.78, 5) is 12.5. The minimum atomic E-state index is -3.66. The van der Waals surface area contributed by atoms with Gasteiger partial charge in [0.15, 0.2) is 0 Å². The van der Waals surface area contributed by atoms with Gasteiger partial charge in [0.25, 0.3) is 5.91 Å². The number of sulfonamides is 1. The number of hydrogen-bond acceptors (Lipinski definition) is 4. The number of aryl methyl sites for hydroxylation is 1. The number of nitrogens with zero attached hydrogens (tertiary/aromatic N) is 3. The number of carbonyl (C=O) groups excluding carboxylic acids is 1. The van der Waals surface area contributed by atoms with E-state index in [1.54, 1.807) is 12.1 Å². The first-order valence-electron chi connectivity index (χ1n) is 10.8. The molecule has 7 nitrogen and oxygen atoms in total. The lowest BCUT2D eigenvalue weighted by Gasteiger charge is -2.21. The standard InChI is InChI=1S/C25H29ClN4O3S/c1-17(2)20-10-12-22(13-11-20)29(34(5,32)33)16-25(31)28-27-15-21-14-18(3)30(19(21)4)24-9-7-6-8-23(24)26/h6-15,17H,16H2,1-5H3,(H,28,31)/b27-15-. The Morgan fingerprint density at radius 2 is 1.79 bits per heavy atom. The Morgan fingerprint density at radius 3 is 2.38 bits per heavy atom. The highest BCUT2D eigenvalue weighted by molar-refractivity contribution is 7.92. The third-order valence-corrected chi connectivity index (χ3v) is 6.95. The van der Waals surface area contributed by atoms with Crippen LogP contribution in [0.25, 0.3) is 5.69 Å². The number of benzene rings is 2. The average molecular weight is 501 g/mol. The smallest absolute Gasteiger partial charge is 0.260 e. The first-order chi connectivity index (χ1) is 16.0. The van der Waals surface area contributed by atoms with Crippen LogP contribution in [0.15, 0.2) is 59.7 Å². The van der Waals surface area contributed by atoms with Crippen molar-refractivity contribution in [2.24, 2.45) is 5.10 Å². The first-order valence-corrected chi connectivity index (χ1v) is 13.0. The van der Waals surface area contributed by atoms with Crippen LogP contribution in [0.4, 0.5) is 5.69 Å². The number of nitrogens with one attached hydrogen (secondary N) is 1. The minimum absolute atomic E-state index is 0.318. The Kier molecular flexibility index (Phi) is 7.84. The zero-order valence-electron chi connectivity index (χ0n) is 19.9. The van der Waals surface area contributed by atoms with Crippen molar-refractivity contribution in [2.75, 3.05) is 17.1 Å². The van der Waals surface area contributed by atoms with E-state index >= 15 is 0 Å². The van der Waals surface area contributed by atoms with Gasteiger partial charge in [0.05, 0.1) is 28.9 Å². The molecule has 3 aromatic rings. The second-order valence-corrected chi connectivity index (χ2v) is 10.7. The number of carbonyl (C=O) groups is 1. The molecule has 2 aromatic carbocycles. The first kappa shape index (κ1) is 25.5. The zero-order chi connectivity index (χ0) is 25.0. The molecule has 1 amide bonds. The largest absolute Gasteiger partial charge is 0.316 e. The lowest BCUT2D eigenvalue weighted by atomic mass is 10.0. The maximum Gasteiger partial charge on any atom is 0.260 e. The van der Waals surface area contributed by atoms with E-state index in [-0.39, 0.29) is 6.54 Å². The normalized spacial score (nSPS) is 11.9. The van der Waals surface area contributed by atoms with Crippen molar-refractivity contribution in [3.63, 3.8) is 0 Å². The maximum absolute atomic E-state index is 12.5. The molecule has 0 aliphatic carbocycles. The van der Waals surface area contributed by atoms with Gasteiger partial charge < -0.3 is 4.57 Å². The van der Waals surface area contributed by atoms with Crippen LogP contribution in [0.3, 0.4) is 0 Å². The van der Waals surface area contributed by atoms with E-state index in [9.17, 15) is 13.2 Å². The second kappa shape index (κ2) is 10.4. The Hall–Kier alpha value is -3.10. The van der Waals surface area contributed by atoms with Gasteiger partial charge in [0, 0.05) is 17.0 Å². The Morgan fingerprint density at radius 1 is 1.15 bits per heavy atom. The summed E-state index contributed by atoms with van der Waals surface area (Å²) in [6.07, 6.45) is 2.61. The molecule has 0 spiro atoms. The third-order valence-electron chi connectivity index (χ3n) is 5.49. The Balaban J connectivity index is 1.74. The van der Waals surface area contributed by atoms with Crippen LogP contribution < -0.4 is 9.73 Å². The van der Waals surface area contributed by atoms with Crippen molar-refractivity contribution in [2.45, 2.75) is 33.6 Å². The molecule has 0 atom stereocenters. The number of hydrogen-bond donors (Lipinski definition) is 1. The molecule has 34 heavy (non-hydrogen) atoms. The number of halogens is 1. The van der Waals surface area contributed by atoms with Gasteiger partial charge >= 0.3 is 0 Å². The van der Waals surface area contributed by atoms with E-state index in [4.69, 9.17) is 11.6 Å². The molecule has 9 heteroatoms. The van der Waals surface area contributed by atoms with E-state index in [1.165, 1.54) is 6.21 Å². The highest BCUT2D eigenvalue weighted by Gasteiger charge is 2.21. The monoisotopic (exact) mass is 500 g/mol. The number of anilines is 1. The SMILES string of the molecule is Cc1cc(/C=N\NC(=O)CN(c2ccc(C(C)C)cc2)S(C)(=O)=O)c(C)n1-c1ccccc1Cl. The van der Waals surface area contributed by atoms with Gasteiger partial charge in [-0.1, -0.05) is 49.7 Å². The van der Waals surface area contributed by atoms with E-state index < -0.39 is 15.9 Å². The summed E-state index contributed by atoms with van der Waals surface area (Å²) in [7, 11) is -3.66. The molecule has 3 rings (SSSR count). The van der Waals surface area contributed by atoms with Gasteiger partial charge in [-0.15, -0.1) is 0 Å². The number of rotatable bonds is 8. The Bertz CT molecular complexity index is 1310. The predicted molar refractivity (Wildman–Crippen MR) is 139 cm³/mol. The molecular formula is C25H29ClN4O3S. The summed E-state index contributed by atoms with van der Waals surface area (Å²) in [6.45, 7) is 7.63. The van der Waals surface area contributed by atoms with E-state index in [2.05, 4.69) is 24.4 Å². The van der Waals surface area contributed by atoms with Gasteiger partial charge in [-0.3, -0.25) is 9.10 Å². The van der Waals surface area contributed by atoms with E-state index in [0.29, 0.717) is 16.6 Å². The second-order valence-electron chi connectivity index (χ2n) is 8.42. The summed E-state index contributed by atoms with van der Waals surface area (Å²) in [6, 6.07) is 16.6. The maximum atomic E-state index is 12.5. The summed E-state index contributed by atoms with van der Waals surface area (Å²) >= 11 is 6.35. The third kappa shape index (κ3) is 5.87. The van der Waals surface area contributed by atoms with Crippen molar-refractivity contribution in [3.8, 4) is 5.69 Å². The van der Waals surface area contributed by atoms with Crippen LogP contribution in [0.2, 0.25) is 5.02 Å². The van der Waals surface area contributed by atoms with Gasteiger partial charge in [0.2, 0.25) is 10.0 Å². The average Bonchev–Trinajstić information content (AvgIpc) is 3.05. The van der Waals surface area contributed by atoms with Gasteiger partial charge in [-0.05, 0) is 55.7 Å². The van der Waals surface area contributed by atoms with Crippen LogP contribution in [0.1, 0.15) is 42.3 Å². The topological polar surface area (TPSA) is 83.8 Å². The van der Waals surface area contributed by atoms with Crippen LogP contribution in [-0.4, -0.2) is 37.9 Å². The van der Waals surface area contributed by atoms with Crippen LogP contribution in [0, 0.1) is 13.8 Å². The summed E-state index contributed by atoms with van der Waals surface area (Å²) in [5, 5.41) is 4.67. The quantitative estimate of drug-likeness (QED) is 0.356. The number of para-hydroxylation sites is 1. The molecule has 180 valence electrons. The molecule has 0 fully saturated rings. The fraction of sp³-hybridized carbons (Fsp3) is 0.280. The van der Waals surface area contributed by atoms with Crippen LogP contribution in [0.5, 0.6) is 0 Å². The molecule has 0 saturated carbocycles. The highest BCUT2D eigenvalue weighted by atomic mass is 35.5. The van der Waals surface area contributed by atoms with Crippen molar-refractivity contribution < 1.29 is 13.2 Å². The van der Waals surface area contributed by atoms with E-state index in [1.807, 2.05) is 60.9 Å². The van der Waals surface area contributed by atoms with Gasteiger partial charge in [-0.2, -0.15) is 5.10 Å². The lowest BCUT2D eigenvalue weighted by molar-refractivity contribution is -0.119. The molecule has 0 aliphatic heterocycles. The fourth-order valence-electron chi connectivity index (χ4n) is 3.69. The fourth-order valence-corrected chi connectivity index (χ4v) is 4.76. The van der Waals surface area contributed by atoms with E-state index in [0.717, 1.165) is 38.8 Å². The van der Waals surface area contributed by atoms with Crippen LogP contribution >= 0.6 is 11.6 Å². The van der Waals surface area contributed by atoms with Crippen LogP contribution in [-0.2, 0) is 14.8 Å². The summed E-state index contributed by atoms with van der Waals surface area (Å²) in [5.41, 5.74) is 7.48. The van der Waals surface area contributed by atoms with Gasteiger partial charge in [0.1, 0.15) is 6.54 Å². The van der Waals surface area contributed by atoms with Crippen molar-refractivity contribution >= 4 is 39.4 Å². The Labute approximate surface area is 206 Å². The van der Waals surface area contributed by atoms with Crippen molar-refractivity contribution in [1.82, 2.24) is 9.99 Å². The van der Waals surface area contributed by atoms with Crippen molar-refractivity contribution in [3.05, 3.63) is 82.1 Å². The molecule has 1 N–H and O–H groups in total. The molecule has 1 aromatic heterocycles. The number of hydrazone groups is 1. The molecule has 0 unspecified atom stereocenters. The summed E-state index contributed by atoms with van der Waals surface area (Å²) < 4.78 is 27.7. The zero-order valence-corrected chi connectivity index (χ0v) is 21.5. The van der Waals surface area contributed by atoms with Gasteiger partial charge in [-0.25, -0.2) is 13.8 Å². The molecule has 0 bridgehead atoms. The van der Waals surface area contributed by atoms with Crippen molar-refractivity contribution in [1.29, 1.82) is 0 Å². The molecule has 1 heterocycles. The highest BCUT2D eigenvalue weighted by Crippen LogP contribution is 2.26. The lowest BCUT2D eigenvalue weighted by Crippen LogP contribution is -2.39. The molecule has 0 saturated heterocycles. The number of amides is 1. The number of aromatic nitrogens is 1.